The summed E-state index contributed by atoms with van der Waals surface area (Å²) in [4.78, 5) is 0. The maximum atomic E-state index is 9.97. The largest absolute Gasteiger partial charge is 0.465 e. The van der Waals surface area contributed by atoms with Crippen LogP contribution in [-0.4, -0.2) is 5.11 Å². The number of hydrogen-bond donors (Lipinski definition) is 1. The minimum absolute atomic E-state index is 0.391. The normalized spacial score (nSPS) is 20.8. The number of aliphatic hydroxyl groups excluding tert-OH is 1. The standard InChI is InChI=1S/C10H13BrO2/c11-8-5-6-13-10(8)9(12)7-3-1-2-4-7/h5-7,9,12H,1-4H2. The van der Waals surface area contributed by atoms with E-state index in [4.69, 9.17) is 4.42 Å². The van der Waals surface area contributed by atoms with Crippen LogP contribution in [0.25, 0.3) is 0 Å². The summed E-state index contributed by atoms with van der Waals surface area (Å²) in [6.07, 6.45) is 5.90. The lowest BCUT2D eigenvalue weighted by molar-refractivity contribution is 0.0879. The maximum absolute atomic E-state index is 9.97. The van der Waals surface area contributed by atoms with Crippen molar-refractivity contribution in [2.24, 2.45) is 5.92 Å². The zero-order chi connectivity index (χ0) is 9.26. The highest BCUT2D eigenvalue weighted by molar-refractivity contribution is 9.10. The van der Waals surface area contributed by atoms with E-state index in [1.807, 2.05) is 6.07 Å². The van der Waals surface area contributed by atoms with Crippen molar-refractivity contribution in [2.75, 3.05) is 0 Å². The van der Waals surface area contributed by atoms with Gasteiger partial charge in [0.15, 0.2) is 0 Å². The third-order valence-electron chi connectivity index (χ3n) is 2.76. The van der Waals surface area contributed by atoms with E-state index in [1.54, 1.807) is 6.26 Å². The Morgan fingerprint density at radius 1 is 1.46 bits per heavy atom. The lowest BCUT2D eigenvalue weighted by Gasteiger charge is -2.15. The van der Waals surface area contributed by atoms with Gasteiger partial charge in [-0.05, 0) is 40.8 Å². The van der Waals surface area contributed by atoms with Gasteiger partial charge in [-0.1, -0.05) is 12.8 Å². The lowest BCUT2D eigenvalue weighted by atomic mass is 9.99. The molecule has 1 fully saturated rings. The zero-order valence-electron chi connectivity index (χ0n) is 7.37. The second-order valence-corrected chi connectivity index (χ2v) is 4.48. The van der Waals surface area contributed by atoms with Crippen molar-refractivity contribution >= 4 is 15.9 Å². The van der Waals surface area contributed by atoms with Gasteiger partial charge in [-0.25, -0.2) is 0 Å². The molecule has 13 heavy (non-hydrogen) atoms. The van der Waals surface area contributed by atoms with Crippen LogP contribution in [0.4, 0.5) is 0 Å². The van der Waals surface area contributed by atoms with Crippen molar-refractivity contribution in [3.05, 3.63) is 22.6 Å². The summed E-state index contributed by atoms with van der Waals surface area (Å²) in [6, 6.07) is 1.83. The average Bonchev–Trinajstić information content (AvgIpc) is 2.72. The van der Waals surface area contributed by atoms with Crippen molar-refractivity contribution in [1.82, 2.24) is 0 Å². The molecule has 0 amide bonds. The minimum atomic E-state index is -0.424. The molecule has 0 radical (unpaired) electrons. The molecule has 1 aromatic rings. The third kappa shape index (κ3) is 1.81. The van der Waals surface area contributed by atoms with E-state index < -0.39 is 6.10 Å². The molecule has 2 rings (SSSR count). The molecule has 3 heteroatoms. The van der Waals surface area contributed by atoms with Crippen LogP contribution in [-0.2, 0) is 0 Å². The van der Waals surface area contributed by atoms with E-state index in [-0.39, 0.29) is 0 Å². The summed E-state index contributed by atoms with van der Waals surface area (Å²) < 4.78 is 6.12. The van der Waals surface area contributed by atoms with Gasteiger partial charge in [0.05, 0.1) is 10.7 Å². The number of furan rings is 1. The van der Waals surface area contributed by atoms with Crippen LogP contribution in [0.2, 0.25) is 0 Å². The predicted molar refractivity (Wildman–Crippen MR) is 53.3 cm³/mol. The zero-order valence-corrected chi connectivity index (χ0v) is 8.96. The molecule has 1 unspecified atom stereocenters. The topological polar surface area (TPSA) is 33.4 Å². The Balaban J connectivity index is 2.12. The molecular formula is C10H13BrO2. The summed E-state index contributed by atoms with van der Waals surface area (Å²) in [7, 11) is 0. The predicted octanol–water partition coefficient (Wildman–Crippen LogP) is 3.27. The highest BCUT2D eigenvalue weighted by atomic mass is 79.9. The molecule has 1 aliphatic rings. The molecule has 0 spiro atoms. The Morgan fingerprint density at radius 2 is 2.15 bits per heavy atom. The number of aliphatic hydroxyl groups is 1. The molecule has 1 aliphatic carbocycles. The Hall–Kier alpha value is -0.280. The van der Waals surface area contributed by atoms with E-state index >= 15 is 0 Å². The van der Waals surface area contributed by atoms with Crippen LogP contribution in [0, 0.1) is 5.92 Å². The molecule has 2 nitrogen and oxygen atoms in total. The van der Waals surface area contributed by atoms with Crippen LogP contribution in [0.1, 0.15) is 37.5 Å². The molecule has 72 valence electrons. The third-order valence-corrected chi connectivity index (χ3v) is 3.41. The molecule has 0 bridgehead atoms. The minimum Gasteiger partial charge on any atom is -0.465 e. The first-order chi connectivity index (χ1) is 6.29. The van der Waals surface area contributed by atoms with Gasteiger partial charge in [-0.3, -0.25) is 0 Å². The van der Waals surface area contributed by atoms with Gasteiger partial charge in [-0.2, -0.15) is 0 Å². The Bertz CT molecular complexity index is 276. The van der Waals surface area contributed by atoms with Gasteiger partial charge >= 0.3 is 0 Å². The van der Waals surface area contributed by atoms with Crippen LogP contribution in [0.5, 0.6) is 0 Å². The van der Waals surface area contributed by atoms with Gasteiger partial charge in [0.2, 0.25) is 0 Å². The van der Waals surface area contributed by atoms with E-state index in [0.717, 1.165) is 17.3 Å². The monoisotopic (exact) mass is 244 g/mol. The SMILES string of the molecule is OC(c1occc1Br)C1CCCC1. The van der Waals surface area contributed by atoms with Gasteiger partial charge < -0.3 is 9.52 Å². The fraction of sp³-hybridized carbons (Fsp3) is 0.600. The van der Waals surface area contributed by atoms with Crippen molar-refractivity contribution < 1.29 is 9.52 Å². The van der Waals surface area contributed by atoms with Gasteiger partial charge in [0, 0.05) is 0 Å². The summed E-state index contributed by atoms with van der Waals surface area (Å²) in [5.74, 6) is 1.08. The Kier molecular flexibility index (Phi) is 2.74. The molecule has 1 heterocycles. The smallest absolute Gasteiger partial charge is 0.146 e. The van der Waals surface area contributed by atoms with Crippen molar-refractivity contribution in [3.8, 4) is 0 Å². The average molecular weight is 245 g/mol. The van der Waals surface area contributed by atoms with Crippen LogP contribution >= 0.6 is 15.9 Å². The first kappa shape index (κ1) is 9.28. The van der Waals surface area contributed by atoms with E-state index in [1.165, 1.54) is 12.8 Å². The highest BCUT2D eigenvalue weighted by Gasteiger charge is 2.27. The van der Waals surface area contributed by atoms with Crippen molar-refractivity contribution in [2.45, 2.75) is 31.8 Å². The molecular weight excluding hydrogens is 232 g/mol. The van der Waals surface area contributed by atoms with Crippen molar-refractivity contribution in [1.29, 1.82) is 0 Å². The fourth-order valence-corrected chi connectivity index (χ4v) is 2.44. The first-order valence-electron chi connectivity index (χ1n) is 4.70. The molecule has 0 saturated heterocycles. The van der Waals surface area contributed by atoms with Gasteiger partial charge in [0.1, 0.15) is 11.9 Å². The Morgan fingerprint density at radius 3 is 2.69 bits per heavy atom. The molecule has 1 aromatic heterocycles. The van der Waals surface area contributed by atoms with Crippen LogP contribution < -0.4 is 0 Å². The molecule has 0 aliphatic heterocycles. The summed E-state index contributed by atoms with van der Waals surface area (Å²) in [5, 5.41) is 9.97. The second-order valence-electron chi connectivity index (χ2n) is 3.62. The lowest BCUT2D eigenvalue weighted by Crippen LogP contribution is -2.08. The molecule has 0 aromatic carbocycles. The van der Waals surface area contributed by atoms with Crippen LogP contribution in [0.3, 0.4) is 0 Å². The Labute approximate surface area is 86.1 Å². The molecule has 1 N–H and O–H groups in total. The summed E-state index contributed by atoms with van der Waals surface area (Å²) in [6.45, 7) is 0. The van der Waals surface area contributed by atoms with E-state index in [9.17, 15) is 5.11 Å². The molecule has 1 saturated carbocycles. The van der Waals surface area contributed by atoms with Gasteiger partial charge in [-0.15, -0.1) is 0 Å². The first-order valence-corrected chi connectivity index (χ1v) is 5.49. The second kappa shape index (κ2) is 3.84. The summed E-state index contributed by atoms with van der Waals surface area (Å²) in [5.41, 5.74) is 0. The van der Waals surface area contributed by atoms with E-state index in [2.05, 4.69) is 15.9 Å². The van der Waals surface area contributed by atoms with Gasteiger partial charge in [0.25, 0.3) is 0 Å². The number of rotatable bonds is 2. The highest BCUT2D eigenvalue weighted by Crippen LogP contribution is 2.38. The van der Waals surface area contributed by atoms with E-state index in [0.29, 0.717) is 11.7 Å². The summed E-state index contributed by atoms with van der Waals surface area (Å²) >= 11 is 3.36. The maximum Gasteiger partial charge on any atom is 0.146 e. The molecule has 1 atom stereocenters. The van der Waals surface area contributed by atoms with Crippen LogP contribution in [0.15, 0.2) is 21.2 Å². The quantitative estimate of drug-likeness (QED) is 0.867. The van der Waals surface area contributed by atoms with Crippen molar-refractivity contribution in [3.63, 3.8) is 0 Å². The number of hydrogen-bond acceptors (Lipinski definition) is 2. The number of halogens is 1. The fourth-order valence-electron chi connectivity index (χ4n) is 2.00.